The third-order valence-corrected chi connectivity index (χ3v) is 2.89. The van der Waals surface area contributed by atoms with Gasteiger partial charge in [-0.15, -0.1) is 0 Å². The molecule has 0 aliphatic heterocycles. The first-order chi connectivity index (χ1) is 10.4. The van der Waals surface area contributed by atoms with Gasteiger partial charge in [-0.2, -0.15) is 0 Å². The van der Waals surface area contributed by atoms with E-state index in [2.05, 4.69) is 4.74 Å². The number of methoxy groups -OCH3 is 1. The normalized spacial score (nSPS) is 10.3. The maximum atomic E-state index is 11.9. The zero-order valence-corrected chi connectivity index (χ0v) is 11.8. The Morgan fingerprint density at radius 1 is 1.41 bits per heavy atom. The second kappa shape index (κ2) is 6.12. The van der Waals surface area contributed by atoms with Gasteiger partial charge in [-0.25, -0.2) is 9.59 Å². The smallest absolute Gasteiger partial charge is 0.374 e. The Hall–Kier alpha value is -3.10. The number of carbonyl (C=O) groups excluding carboxylic acids is 2. The molecule has 0 radical (unpaired) electrons. The molecule has 2 heterocycles. The molecule has 22 heavy (non-hydrogen) atoms. The average Bonchev–Trinajstić information content (AvgIpc) is 3.10. The molecular formula is C13H12N2O7. The zero-order chi connectivity index (χ0) is 16.3. The molecule has 0 unspecified atom stereocenters. The van der Waals surface area contributed by atoms with Crippen molar-refractivity contribution in [3.63, 3.8) is 0 Å². The highest BCUT2D eigenvalue weighted by atomic mass is 16.6. The lowest BCUT2D eigenvalue weighted by Gasteiger charge is -2.05. The van der Waals surface area contributed by atoms with Crippen LogP contribution in [0, 0.1) is 10.1 Å². The first-order valence-electron chi connectivity index (χ1n) is 6.06. The number of aryl methyl sites for hydroxylation is 1. The number of nitrogens with zero attached hydrogens (tertiary/aromatic N) is 2. The van der Waals surface area contributed by atoms with Gasteiger partial charge in [-0.1, -0.05) is 0 Å². The van der Waals surface area contributed by atoms with Crippen LogP contribution < -0.4 is 0 Å². The fourth-order valence-electron chi connectivity index (χ4n) is 1.79. The lowest BCUT2D eigenvalue weighted by Crippen LogP contribution is -2.11. The number of hydrogen-bond acceptors (Lipinski definition) is 7. The minimum absolute atomic E-state index is 0.0230. The van der Waals surface area contributed by atoms with Gasteiger partial charge < -0.3 is 18.5 Å². The number of hydrogen-bond donors (Lipinski definition) is 0. The van der Waals surface area contributed by atoms with Crippen molar-refractivity contribution >= 4 is 17.6 Å². The van der Waals surface area contributed by atoms with E-state index in [1.807, 2.05) is 0 Å². The van der Waals surface area contributed by atoms with E-state index < -0.39 is 16.9 Å². The Balaban J connectivity index is 2.09. The molecule has 0 saturated carbocycles. The summed E-state index contributed by atoms with van der Waals surface area (Å²) in [4.78, 5) is 33.4. The van der Waals surface area contributed by atoms with Crippen molar-refractivity contribution in [1.29, 1.82) is 0 Å². The lowest BCUT2D eigenvalue weighted by molar-refractivity contribution is -0.384. The molecule has 0 bridgehead atoms. The number of nitro groups is 1. The first kappa shape index (κ1) is 15.3. The third-order valence-electron chi connectivity index (χ3n) is 2.89. The van der Waals surface area contributed by atoms with Gasteiger partial charge in [0.25, 0.3) is 5.69 Å². The van der Waals surface area contributed by atoms with E-state index in [1.165, 1.54) is 37.3 Å². The SMILES string of the molecule is COC(=O)c1occc1COC(=O)c1cc([N+](=O)[O-])cn1C. The average molecular weight is 308 g/mol. The minimum Gasteiger partial charge on any atom is -0.463 e. The summed E-state index contributed by atoms with van der Waals surface area (Å²) in [6.45, 7) is -0.223. The Morgan fingerprint density at radius 2 is 2.14 bits per heavy atom. The van der Waals surface area contributed by atoms with Crippen LogP contribution >= 0.6 is 0 Å². The summed E-state index contributed by atoms with van der Waals surface area (Å²) in [5.74, 6) is -1.51. The maximum Gasteiger partial charge on any atom is 0.374 e. The molecule has 2 rings (SSSR count). The highest BCUT2D eigenvalue weighted by molar-refractivity contribution is 5.89. The van der Waals surface area contributed by atoms with Gasteiger partial charge in [0.15, 0.2) is 0 Å². The standard InChI is InChI=1S/C13H12N2O7/c1-14-6-9(15(18)19)5-10(14)12(16)22-7-8-3-4-21-11(8)13(17)20-2/h3-6H,7H2,1-2H3. The molecular weight excluding hydrogens is 296 g/mol. The molecule has 9 heteroatoms. The van der Waals surface area contributed by atoms with Crippen LogP contribution in [0.4, 0.5) is 5.69 Å². The molecule has 0 amide bonds. The fraction of sp³-hybridized carbons (Fsp3) is 0.231. The van der Waals surface area contributed by atoms with Gasteiger partial charge in [0.1, 0.15) is 12.3 Å². The van der Waals surface area contributed by atoms with Crippen LogP contribution in [-0.4, -0.2) is 28.5 Å². The molecule has 116 valence electrons. The van der Waals surface area contributed by atoms with Crippen molar-refractivity contribution < 1.29 is 28.4 Å². The van der Waals surface area contributed by atoms with Crippen molar-refractivity contribution in [3.05, 3.63) is 51.7 Å². The van der Waals surface area contributed by atoms with E-state index in [1.54, 1.807) is 0 Å². The van der Waals surface area contributed by atoms with Gasteiger partial charge in [-0.05, 0) is 6.07 Å². The molecule has 2 aromatic rings. The second-order valence-electron chi connectivity index (χ2n) is 4.29. The topological polar surface area (TPSA) is 114 Å². The monoisotopic (exact) mass is 308 g/mol. The zero-order valence-electron chi connectivity index (χ0n) is 11.8. The molecule has 0 atom stereocenters. The summed E-state index contributed by atoms with van der Waals surface area (Å²) in [5.41, 5.74) is 0.145. The highest BCUT2D eigenvalue weighted by Crippen LogP contribution is 2.18. The highest BCUT2D eigenvalue weighted by Gasteiger charge is 2.21. The van der Waals surface area contributed by atoms with E-state index >= 15 is 0 Å². The van der Waals surface area contributed by atoms with Crippen molar-refractivity contribution in [2.24, 2.45) is 7.05 Å². The quantitative estimate of drug-likeness (QED) is 0.469. The molecule has 0 aliphatic rings. The number of furan rings is 1. The van der Waals surface area contributed by atoms with Crippen LogP contribution in [0.5, 0.6) is 0 Å². The molecule has 0 aliphatic carbocycles. The Morgan fingerprint density at radius 3 is 2.73 bits per heavy atom. The van der Waals surface area contributed by atoms with Gasteiger partial charge in [0, 0.05) is 18.7 Å². The molecule has 0 N–H and O–H groups in total. The van der Waals surface area contributed by atoms with Crippen molar-refractivity contribution in [2.45, 2.75) is 6.61 Å². The van der Waals surface area contributed by atoms with Crippen LogP contribution in [0.2, 0.25) is 0 Å². The van der Waals surface area contributed by atoms with Gasteiger partial charge in [-0.3, -0.25) is 10.1 Å². The molecule has 0 saturated heterocycles. The predicted molar refractivity (Wildman–Crippen MR) is 71.2 cm³/mol. The summed E-state index contributed by atoms with van der Waals surface area (Å²) in [6.07, 6.45) is 2.47. The van der Waals surface area contributed by atoms with Gasteiger partial charge in [0.2, 0.25) is 5.76 Å². The number of rotatable bonds is 5. The summed E-state index contributed by atoms with van der Waals surface area (Å²) < 4.78 is 15.8. The summed E-state index contributed by atoms with van der Waals surface area (Å²) in [5, 5.41) is 10.7. The van der Waals surface area contributed by atoms with Crippen molar-refractivity contribution in [3.8, 4) is 0 Å². The van der Waals surface area contributed by atoms with Gasteiger partial charge >= 0.3 is 11.9 Å². The Bertz CT molecular complexity index is 729. The van der Waals surface area contributed by atoms with Crippen LogP contribution in [0.15, 0.2) is 29.0 Å². The molecule has 0 spiro atoms. The largest absolute Gasteiger partial charge is 0.463 e. The molecule has 2 aromatic heterocycles. The van der Waals surface area contributed by atoms with Crippen molar-refractivity contribution in [2.75, 3.05) is 7.11 Å². The van der Waals surface area contributed by atoms with Crippen LogP contribution in [0.25, 0.3) is 0 Å². The molecule has 0 fully saturated rings. The number of ether oxygens (including phenoxy) is 2. The Labute approximate surface area is 124 Å². The number of esters is 2. The third kappa shape index (κ3) is 2.97. The van der Waals surface area contributed by atoms with Crippen LogP contribution in [0.1, 0.15) is 26.6 Å². The summed E-state index contributed by atoms with van der Waals surface area (Å²) in [6, 6.07) is 2.58. The molecule has 0 aromatic carbocycles. The fourth-order valence-corrected chi connectivity index (χ4v) is 1.79. The van der Waals surface area contributed by atoms with Gasteiger partial charge in [0.05, 0.1) is 24.5 Å². The van der Waals surface area contributed by atoms with E-state index in [0.717, 1.165) is 6.07 Å². The van der Waals surface area contributed by atoms with E-state index in [0.29, 0.717) is 5.56 Å². The minimum atomic E-state index is -0.757. The van der Waals surface area contributed by atoms with Crippen LogP contribution in [-0.2, 0) is 23.1 Å². The molecule has 9 nitrogen and oxygen atoms in total. The Kier molecular flexibility index (Phi) is 4.25. The number of carbonyl (C=O) groups is 2. The second-order valence-corrected chi connectivity index (χ2v) is 4.29. The summed E-state index contributed by atoms with van der Waals surface area (Å²) in [7, 11) is 2.69. The van der Waals surface area contributed by atoms with E-state index in [4.69, 9.17) is 9.15 Å². The van der Waals surface area contributed by atoms with E-state index in [-0.39, 0.29) is 23.7 Å². The number of aromatic nitrogens is 1. The van der Waals surface area contributed by atoms with Crippen molar-refractivity contribution in [1.82, 2.24) is 4.57 Å². The lowest BCUT2D eigenvalue weighted by atomic mass is 10.2. The predicted octanol–water partition coefficient (Wildman–Crippen LogP) is 1.67. The maximum absolute atomic E-state index is 11.9. The van der Waals surface area contributed by atoms with Crippen LogP contribution in [0.3, 0.4) is 0 Å². The summed E-state index contributed by atoms with van der Waals surface area (Å²) >= 11 is 0. The first-order valence-corrected chi connectivity index (χ1v) is 6.06. The van der Waals surface area contributed by atoms with E-state index in [9.17, 15) is 19.7 Å².